The van der Waals surface area contributed by atoms with Gasteiger partial charge in [-0.3, -0.25) is 9.36 Å². The zero-order valence-corrected chi connectivity index (χ0v) is 10.8. The van der Waals surface area contributed by atoms with Crippen molar-refractivity contribution in [1.29, 1.82) is 0 Å². The summed E-state index contributed by atoms with van der Waals surface area (Å²) in [5.74, 6) is -3.06. The Labute approximate surface area is 116 Å². The van der Waals surface area contributed by atoms with Gasteiger partial charge in [-0.1, -0.05) is 12.1 Å². The number of benzene rings is 1. The topological polar surface area (TPSA) is 22.0 Å². The molecule has 0 spiro atoms. The number of pyridine rings is 1. The molecule has 0 radical (unpaired) electrons. The van der Waals surface area contributed by atoms with Gasteiger partial charge in [0.2, 0.25) is 0 Å². The summed E-state index contributed by atoms with van der Waals surface area (Å²) >= 11 is 0. The average Bonchev–Trinajstić information content (AvgIpc) is 2.37. The fourth-order valence-electron chi connectivity index (χ4n) is 1.77. The van der Waals surface area contributed by atoms with Crippen LogP contribution in [0.2, 0.25) is 0 Å². The number of aromatic nitrogens is 1. The molecule has 0 saturated heterocycles. The van der Waals surface area contributed by atoms with E-state index in [1.54, 1.807) is 0 Å². The minimum absolute atomic E-state index is 0.0825. The largest absolute Gasteiger partial charge is 0.417 e. The molecule has 0 saturated carbocycles. The first-order valence-electron chi connectivity index (χ1n) is 5.88. The van der Waals surface area contributed by atoms with Crippen molar-refractivity contribution in [3.63, 3.8) is 0 Å². The lowest BCUT2D eigenvalue weighted by molar-refractivity contribution is -0.138. The maximum absolute atomic E-state index is 13.1. The van der Waals surface area contributed by atoms with Crippen LogP contribution in [0.1, 0.15) is 18.1 Å². The Hall–Kier alpha value is -2.18. The Kier molecular flexibility index (Phi) is 3.61. The summed E-state index contributed by atoms with van der Waals surface area (Å²) in [6.07, 6.45) is -3.95. The van der Waals surface area contributed by atoms with Gasteiger partial charge in [0.05, 0.1) is 5.56 Å². The number of alkyl halides is 5. The van der Waals surface area contributed by atoms with Gasteiger partial charge in [0.25, 0.3) is 11.5 Å². The molecule has 0 N–H and O–H groups in total. The second-order valence-corrected chi connectivity index (χ2v) is 4.56. The van der Waals surface area contributed by atoms with Crippen LogP contribution in [0.25, 0.3) is 5.69 Å². The molecule has 0 bridgehead atoms. The van der Waals surface area contributed by atoms with Gasteiger partial charge in [-0.15, -0.1) is 0 Å². The van der Waals surface area contributed by atoms with Gasteiger partial charge in [-0.2, -0.15) is 13.2 Å². The number of hydrogen-bond donors (Lipinski definition) is 0. The lowest BCUT2D eigenvalue weighted by Crippen LogP contribution is -2.20. The first kappa shape index (κ1) is 15.2. The second-order valence-electron chi connectivity index (χ2n) is 4.56. The molecule has 0 aliphatic rings. The summed E-state index contributed by atoms with van der Waals surface area (Å²) in [6, 6.07) is 5.95. The van der Waals surface area contributed by atoms with Crippen LogP contribution in [-0.2, 0) is 12.1 Å². The summed E-state index contributed by atoms with van der Waals surface area (Å²) in [6.45, 7) is 0.707. The highest BCUT2D eigenvalue weighted by Crippen LogP contribution is 2.29. The molecular formula is C14H10F5NO. The van der Waals surface area contributed by atoms with Crippen LogP contribution in [0.5, 0.6) is 0 Å². The monoisotopic (exact) mass is 303 g/mol. The standard InChI is InChI=1S/C14H10F5NO/c1-13(15,16)9-2-5-11(6-3-9)20-8-10(14(17,18)19)4-7-12(20)21/h2-8H,1H3. The summed E-state index contributed by atoms with van der Waals surface area (Å²) in [7, 11) is 0. The number of hydrogen-bond acceptors (Lipinski definition) is 1. The van der Waals surface area contributed by atoms with E-state index in [4.69, 9.17) is 0 Å². The summed E-state index contributed by atoms with van der Waals surface area (Å²) in [5.41, 5.74) is -1.88. The fraction of sp³-hybridized carbons (Fsp3) is 0.214. The van der Waals surface area contributed by atoms with E-state index in [1.165, 1.54) is 12.1 Å². The Morgan fingerprint density at radius 1 is 0.857 bits per heavy atom. The summed E-state index contributed by atoms with van der Waals surface area (Å²) < 4.78 is 64.8. The van der Waals surface area contributed by atoms with E-state index in [9.17, 15) is 26.7 Å². The second kappa shape index (κ2) is 4.98. The molecule has 0 unspecified atom stereocenters. The van der Waals surface area contributed by atoms with Crippen LogP contribution in [0.15, 0.2) is 47.4 Å². The molecule has 112 valence electrons. The predicted octanol–water partition coefficient (Wildman–Crippen LogP) is 3.97. The van der Waals surface area contributed by atoms with Crippen LogP contribution in [0.3, 0.4) is 0 Å². The minimum Gasteiger partial charge on any atom is -0.284 e. The molecular weight excluding hydrogens is 293 g/mol. The van der Waals surface area contributed by atoms with E-state index in [0.717, 1.165) is 22.8 Å². The zero-order chi connectivity index (χ0) is 15.8. The Morgan fingerprint density at radius 2 is 1.38 bits per heavy atom. The molecule has 0 aliphatic carbocycles. The van der Waals surface area contributed by atoms with Gasteiger partial charge < -0.3 is 0 Å². The number of halogens is 5. The van der Waals surface area contributed by atoms with Gasteiger partial charge >= 0.3 is 6.18 Å². The van der Waals surface area contributed by atoms with Crippen molar-refractivity contribution < 1.29 is 22.0 Å². The van der Waals surface area contributed by atoms with Crippen molar-refractivity contribution in [2.24, 2.45) is 0 Å². The third kappa shape index (κ3) is 3.29. The van der Waals surface area contributed by atoms with Gasteiger partial charge in [0.15, 0.2) is 0 Å². The predicted molar refractivity (Wildman–Crippen MR) is 66.6 cm³/mol. The first-order valence-corrected chi connectivity index (χ1v) is 5.88. The van der Waals surface area contributed by atoms with Crippen molar-refractivity contribution in [2.75, 3.05) is 0 Å². The van der Waals surface area contributed by atoms with E-state index in [1.807, 2.05) is 0 Å². The lowest BCUT2D eigenvalue weighted by Gasteiger charge is -2.13. The van der Waals surface area contributed by atoms with Crippen molar-refractivity contribution >= 4 is 0 Å². The normalized spacial score (nSPS) is 12.5. The van der Waals surface area contributed by atoms with Crippen LogP contribution in [-0.4, -0.2) is 4.57 Å². The van der Waals surface area contributed by atoms with Crippen molar-refractivity contribution in [3.8, 4) is 5.69 Å². The summed E-state index contributed by atoms with van der Waals surface area (Å²) in [5, 5.41) is 0. The quantitative estimate of drug-likeness (QED) is 0.770. The molecule has 0 atom stereocenters. The third-order valence-corrected chi connectivity index (χ3v) is 2.89. The third-order valence-electron chi connectivity index (χ3n) is 2.89. The lowest BCUT2D eigenvalue weighted by atomic mass is 10.1. The van der Waals surface area contributed by atoms with E-state index in [0.29, 0.717) is 19.2 Å². The van der Waals surface area contributed by atoms with E-state index < -0.39 is 23.2 Å². The molecule has 7 heteroatoms. The van der Waals surface area contributed by atoms with E-state index in [-0.39, 0.29) is 11.3 Å². The van der Waals surface area contributed by atoms with Gasteiger partial charge in [0, 0.05) is 30.4 Å². The van der Waals surface area contributed by atoms with Crippen LogP contribution < -0.4 is 5.56 Å². The molecule has 2 aromatic rings. The first-order chi connectivity index (χ1) is 9.59. The van der Waals surface area contributed by atoms with Crippen molar-refractivity contribution in [3.05, 3.63) is 64.1 Å². The Bertz CT molecular complexity index is 695. The molecule has 2 nitrogen and oxygen atoms in total. The van der Waals surface area contributed by atoms with Gasteiger partial charge in [-0.25, -0.2) is 8.78 Å². The van der Waals surface area contributed by atoms with Crippen LogP contribution >= 0.6 is 0 Å². The molecule has 1 aromatic carbocycles. The van der Waals surface area contributed by atoms with Crippen LogP contribution in [0, 0.1) is 0 Å². The van der Waals surface area contributed by atoms with E-state index >= 15 is 0 Å². The maximum Gasteiger partial charge on any atom is 0.417 e. The van der Waals surface area contributed by atoms with Crippen molar-refractivity contribution in [2.45, 2.75) is 19.0 Å². The molecule has 1 aromatic heterocycles. The molecule has 0 aliphatic heterocycles. The van der Waals surface area contributed by atoms with Crippen LogP contribution in [0.4, 0.5) is 22.0 Å². The Morgan fingerprint density at radius 3 is 1.86 bits per heavy atom. The zero-order valence-electron chi connectivity index (χ0n) is 10.8. The molecule has 0 fully saturated rings. The molecule has 21 heavy (non-hydrogen) atoms. The highest BCUT2D eigenvalue weighted by molar-refractivity contribution is 5.37. The number of nitrogens with zero attached hydrogens (tertiary/aromatic N) is 1. The fourth-order valence-corrected chi connectivity index (χ4v) is 1.77. The maximum atomic E-state index is 13.1. The highest BCUT2D eigenvalue weighted by atomic mass is 19.4. The molecule has 1 heterocycles. The van der Waals surface area contributed by atoms with Crippen molar-refractivity contribution in [1.82, 2.24) is 4.57 Å². The highest BCUT2D eigenvalue weighted by Gasteiger charge is 2.31. The Balaban J connectivity index is 2.49. The van der Waals surface area contributed by atoms with Gasteiger partial charge in [0.1, 0.15) is 0 Å². The molecule has 2 rings (SSSR count). The summed E-state index contributed by atoms with van der Waals surface area (Å²) in [4.78, 5) is 11.6. The van der Waals surface area contributed by atoms with Gasteiger partial charge in [-0.05, 0) is 18.2 Å². The molecule has 0 amide bonds. The minimum atomic E-state index is -4.59. The number of rotatable bonds is 2. The smallest absolute Gasteiger partial charge is 0.284 e. The average molecular weight is 303 g/mol. The van der Waals surface area contributed by atoms with E-state index in [2.05, 4.69) is 0 Å². The SMILES string of the molecule is CC(F)(F)c1ccc(-n2cc(C(F)(F)F)ccc2=O)cc1.